The van der Waals surface area contributed by atoms with Crippen LogP contribution in [0.15, 0.2) is 30.6 Å². The predicted octanol–water partition coefficient (Wildman–Crippen LogP) is 1.32. The summed E-state index contributed by atoms with van der Waals surface area (Å²) in [7, 11) is 0. The van der Waals surface area contributed by atoms with Gasteiger partial charge in [0, 0.05) is 25.3 Å². The molecule has 1 saturated heterocycles. The van der Waals surface area contributed by atoms with E-state index in [4.69, 9.17) is 5.73 Å². The van der Waals surface area contributed by atoms with Crippen LogP contribution in [0.2, 0.25) is 0 Å². The van der Waals surface area contributed by atoms with Crippen LogP contribution in [0.4, 0.5) is 0 Å². The van der Waals surface area contributed by atoms with Gasteiger partial charge in [-0.2, -0.15) is 5.10 Å². The number of rotatable bonds is 2. The van der Waals surface area contributed by atoms with Crippen molar-refractivity contribution in [1.82, 2.24) is 14.5 Å². The molecule has 0 aromatic carbocycles. The van der Waals surface area contributed by atoms with Gasteiger partial charge in [-0.3, -0.25) is 4.79 Å². The van der Waals surface area contributed by atoms with Crippen molar-refractivity contribution < 1.29 is 4.79 Å². The zero-order chi connectivity index (χ0) is 12.5. The lowest BCUT2D eigenvalue weighted by Gasteiger charge is -2.22. The van der Waals surface area contributed by atoms with Crippen molar-refractivity contribution in [3.05, 3.63) is 36.2 Å². The molecule has 2 aromatic rings. The van der Waals surface area contributed by atoms with Gasteiger partial charge in [-0.15, -0.1) is 12.4 Å². The molecule has 1 fully saturated rings. The third kappa shape index (κ3) is 2.31. The number of amides is 1. The zero-order valence-corrected chi connectivity index (χ0v) is 11.3. The van der Waals surface area contributed by atoms with Crippen LogP contribution in [0.25, 0.3) is 5.52 Å². The molecule has 1 aliphatic heterocycles. The highest BCUT2D eigenvalue weighted by Gasteiger charge is 2.29. The van der Waals surface area contributed by atoms with Crippen molar-refractivity contribution >= 4 is 23.8 Å². The first kappa shape index (κ1) is 13.8. The number of carbonyl (C=O) groups is 1. The summed E-state index contributed by atoms with van der Waals surface area (Å²) < 4.78 is 1.72. The van der Waals surface area contributed by atoms with Crippen LogP contribution in [0.5, 0.6) is 0 Å². The Morgan fingerprint density at radius 3 is 3.11 bits per heavy atom. The molecule has 0 bridgehead atoms. The van der Waals surface area contributed by atoms with E-state index < -0.39 is 0 Å². The Labute approximate surface area is 117 Å². The van der Waals surface area contributed by atoms with Gasteiger partial charge in [0.1, 0.15) is 0 Å². The van der Waals surface area contributed by atoms with E-state index in [-0.39, 0.29) is 24.4 Å². The summed E-state index contributed by atoms with van der Waals surface area (Å²) in [6.07, 6.45) is 5.52. The third-order valence-corrected chi connectivity index (χ3v) is 3.57. The van der Waals surface area contributed by atoms with E-state index >= 15 is 0 Å². The predicted molar refractivity (Wildman–Crippen MR) is 75.6 cm³/mol. The molecular formula is C13H17ClN4O. The molecule has 2 N–H and O–H groups in total. The highest BCUT2D eigenvalue weighted by Crippen LogP contribution is 2.21. The molecule has 3 rings (SSSR count). The van der Waals surface area contributed by atoms with Crippen molar-refractivity contribution in [3.8, 4) is 0 Å². The van der Waals surface area contributed by atoms with E-state index in [0.717, 1.165) is 24.9 Å². The summed E-state index contributed by atoms with van der Waals surface area (Å²) in [5.41, 5.74) is 7.23. The highest BCUT2D eigenvalue weighted by molar-refractivity contribution is 6.00. The lowest BCUT2D eigenvalue weighted by atomic mass is 10.2. The second kappa shape index (κ2) is 5.59. The summed E-state index contributed by atoms with van der Waals surface area (Å²) in [6, 6.07) is 5.90. The fourth-order valence-electron chi connectivity index (χ4n) is 2.60. The van der Waals surface area contributed by atoms with Gasteiger partial charge in [0.05, 0.1) is 17.3 Å². The van der Waals surface area contributed by atoms with E-state index in [1.54, 1.807) is 10.7 Å². The second-order valence-corrected chi connectivity index (χ2v) is 4.62. The van der Waals surface area contributed by atoms with Crippen molar-refractivity contribution in [2.45, 2.75) is 18.9 Å². The van der Waals surface area contributed by atoms with Gasteiger partial charge in [0.25, 0.3) is 5.91 Å². The Balaban J connectivity index is 0.00000133. The van der Waals surface area contributed by atoms with Crippen LogP contribution in [-0.4, -0.2) is 39.6 Å². The maximum absolute atomic E-state index is 12.5. The first-order chi connectivity index (χ1) is 8.81. The molecule has 1 aliphatic rings. The van der Waals surface area contributed by atoms with E-state index in [2.05, 4.69) is 5.10 Å². The van der Waals surface area contributed by atoms with Crippen molar-refractivity contribution in [2.75, 3.05) is 13.1 Å². The van der Waals surface area contributed by atoms with Gasteiger partial charge in [-0.1, -0.05) is 6.07 Å². The van der Waals surface area contributed by atoms with E-state index in [1.165, 1.54) is 0 Å². The summed E-state index contributed by atoms with van der Waals surface area (Å²) in [6.45, 7) is 1.33. The van der Waals surface area contributed by atoms with E-state index in [9.17, 15) is 4.79 Å². The second-order valence-electron chi connectivity index (χ2n) is 4.62. The number of hydrogen-bond donors (Lipinski definition) is 1. The molecule has 1 amide bonds. The van der Waals surface area contributed by atoms with Gasteiger partial charge < -0.3 is 10.6 Å². The number of fused-ring (bicyclic) bond motifs is 1. The minimum Gasteiger partial charge on any atom is -0.334 e. The lowest BCUT2D eigenvalue weighted by Crippen LogP contribution is -2.39. The van der Waals surface area contributed by atoms with Gasteiger partial charge in [-0.25, -0.2) is 4.52 Å². The first-order valence-electron chi connectivity index (χ1n) is 6.24. The topological polar surface area (TPSA) is 63.6 Å². The highest BCUT2D eigenvalue weighted by atomic mass is 35.5. The fourth-order valence-corrected chi connectivity index (χ4v) is 2.60. The molecule has 6 heteroatoms. The normalized spacial score (nSPS) is 18.6. The summed E-state index contributed by atoms with van der Waals surface area (Å²) in [5, 5.41) is 4.20. The smallest absolute Gasteiger partial charge is 0.257 e. The van der Waals surface area contributed by atoms with Gasteiger partial charge in [-0.05, 0) is 25.0 Å². The number of likely N-dealkylation sites (tertiary alicyclic amines) is 1. The lowest BCUT2D eigenvalue weighted by molar-refractivity contribution is 0.0743. The number of carbonyl (C=O) groups excluding carboxylic acids is 1. The maximum atomic E-state index is 12.5. The molecule has 1 atom stereocenters. The average molecular weight is 281 g/mol. The van der Waals surface area contributed by atoms with Crippen LogP contribution in [-0.2, 0) is 0 Å². The van der Waals surface area contributed by atoms with Crippen LogP contribution in [0.3, 0.4) is 0 Å². The third-order valence-electron chi connectivity index (χ3n) is 3.57. The molecule has 5 nitrogen and oxygen atoms in total. The quantitative estimate of drug-likeness (QED) is 0.902. The summed E-state index contributed by atoms with van der Waals surface area (Å²) in [5.74, 6) is 0.0455. The molecular weight excluding hydrogens is 264 g/mol. The van der Waals surface area contributed by atoms with Gasteiger partial charge in [0.2, 0.25) is 0 Å². The van der Waals surface area contributed by atoms with Crippen molar-refractivity contribution in [1.29, 1.82) is 0 Å². The molecule has 0 spiro atoms. The van der Waals surface area contributed by atoms with E-state index in [0.29, 0.717) is 12.1 Å². The number of pyridine rings is 1. The Morgan fingerprint density at radius 1 is 1.47 bits per heavy atom. The monoisotopic (exact) mass is 280 g/mol. The summed E-state index contributed by atoms with van der Waals surface area (Å²) in [4.78, 5) is 14.4. The number of hydrogen-bond acceptors (Lipinski definition) is 3. The van der Waals surface area contributed by atoms with Crippen LogP contribution in [0, 0.1) is 0 Å². The van der Waals surface area contributed by atoms with Crippen molar-refractivity contribution in [2.24, 2.45) is 5.73 Å². The largest absolute Gasteiger partial charge is 0.334 e. The first-order valence-corrected chi connectivity index (χ1v) is 6.24. The summed E-state index contributed by atoms with van der Waals surface area (Å²) >= 11 is 0. The Hall–Kier alpha value is -1.59. The molecule has 102 valence electrons. The Bertz CT molecular complexity index is 583. The van der Waals surface area contributed by atoms with Crippen molar-refractivity contribution in [3.63, 3.8) is 0 Å². The maximum Gasteiger partial charge on any atom is 0.257 e. The standard InChI is InChI=1S/C13H16N4O.ClH/c14-8-10-4-3-6-16(10)13(18)11-9-15-17-7-2-1-5-12(11)17;/h1-2,5,7,9-10H,3-4,6,8,14H2;1H. The number of nitrogens with zero attached hydrogens (tertiary/aromatic N) is 3. The molecule has 19 heavy (non-hydrogen) atoms. The number of nitrogens with two attached hydrogens (primary N) is 1. The average Bonchev–Trinajstić information content (AvgIpc) is 3.04. The van der Waals surface area contributed by atoms with Gasteiger partial charge >= 0.3 is 0 Å². The van der Waals surface area contributed by atoms with Crippen LogP contribution < -0.4 is 5.73 Å². The van der Waals surface area contributed by atoms with Crippen LogP contribution in [0.1, 0.15) is 23.2 Å². The van der Waals surface area contributed by atoms with Gasteiger partial charge in [0.15, 0.2) is 0 Å². The minimum atomic E-state index is 0. The minimum absolute atomic E-state index is 0. The van der Waals surface area contributed by atoms with E-state index in [1.807, 2.05) is 29.3 Å². The molecule has 0 aliphatic carbocycles. The Morgan fingerprint density at radius 2 is 2.32 bits per heavy atom. The SMILES string of the molecule is Cl.NCC1CCCN1C(=O)c1cnn2ccccc12. The molecule has 1 unspecified atom stereocenters. The number of aromatic nitrogens is 2. The molecule has 0 radical (unpaired) electrons. The number of halogens is 1. The Kier molecular flexibility index (Phi) is 4.07. The molecule has 0 saturated carbocycles. The fraction of sp³-hybridized carbons (Fsp3) is 0.385. The zero-order valence-electron chi connectivity index (χ0n) is 10.5. The molecule has 2 aromatic heterocycles. The molecule has 3 heterocycles. The van der Waals surface area contributed by atoms with Crippen LogP contribution >= 0.6 is 12.4 Å².